The van der Waals surface area contributed by atoms with Gasteiger partial charge in [-0.05, 0) is 27.8 Å². The van der Waals surface area contributed by atoms with E-state index in [9.17, 15) is 14.7 Å². The molecule has 1 fully saturated rings. The second-order valence-corrected chi connectivity index (χ2v) is 13.3. The topological polar surface area (TPSA) is 131 Å². The summed E-state index contributed by atoms with van der Waals surface area (Å²) in [6.07, 6.45) is -5.21. The third-order valence-electron chi connectivity index (χ3n) is 9.07. The van der Waals surface area contributed by atoms with Crippen molar-refractivity contribution in [2.75, 3.05) is 13.2 Å². The van der Waals surface area contributed by atoms with Crippen LogP contribution in [0.15, 0.2) is 152 Å². The first-order chi connectivity index (χ1) is 27.5. The molecule has 0 unspecified atom stereocenters. The number of alkyl carbamates (subject to hydrolysis) is 1. The minimum atomic E-state index is -1.47. The zero-order valence-corrected chi connectivity index (χ0v) is 31.0. The number of ether oxygens (including phenoxy) is 7. The summed E-state index contributed by atoms with van der Waals surface area (Å²) in [4.78, 5) is 25.2. The fourth-order valence-electron chi connectivity index (χ4n) is 6.15. The smallest absolute Gasteiger partial charge is 0.408 e. The molecular formula is C45H47NO10. The molecule has 0 spiro atoms. The average molecular weight is 762 g/mol. The van der Waals surface area contributed by atoms with Gasteiger partial charge in [0.25, 0.3) is 0 Å². The fraction of sp³-hybridized carbons (Fsp3) is 0.289. The van der Waals surface area contributed by atoms with Crippen LogP contribution in [0.3, 0.4) is 0 Å². The van der Waals surface area contributed by atoms with E-state index in [4.69, 9.17) is 33.2 Å². The third-order valence-corrected chi connectivity index (χ3v) is 9.07. The van der Waals surface area contributed by atoms with Crippen molar-refractivity contribution < 1.29 is 47.9 Å². The number of hydrogen-bond donors (Lipinski definition) is 2. The largest absolute Gasteiger partial charge is 0.480 e. The molecule has 0 bridgehead atoms. The van der Waals surface area contributed by atoms with Crippen LogP contribution in [0.5, 0.6) is 0 Å². The van der Waals surface area contributed by atoms with Gasteiger partial charge in [-0.15, -0.1) is 0 Å². The highest BCUT2D eigenvalue weighted by molar-refractivity contribution is 5.80. The van der Waals surface area contributed by atoms with Crippen molar-refractivity contribution in [2.45, 2.75) is 69.8 Å². The first-order valence-corrected chi connectivity index (χ1v) is 18.6. The maximum atomic E-state index is 12.7. The van der Waals surface area contributed by atoms with Gasteiger partial charge in [0.15, 0.2) is 12.3 Å². The molecule has 56 heavy (non-hydrogen) atoms. The normalized spacial score (nSPS) is 19.8. The molecular weight excluding hydrogens is 714 g/mol. The molecule has 0 aromatic heterocycles. The van der Waals surface area contributed by atoms with Crippen LogP contribution in [0.2, 0.25) is 0 Å². The summed E-state index contributed by atoms with van der Waals surface area (Å²) in [6, 6.07) is 46.5. The zero-order chi connectivity index (χ0) is 38.8. The van der Waals surface area contributed by atoms with E-state index in [0.717, 1.165) is 27.8 Å². The van der Waals surface area contributed by atoms with Crippen LogP contribution in [-0.4, -0.2) is 67.1 Å². The Balaban J connectivity index is 1.26. The van der Waals surface area contributed by atoms with Gasteiger partial charge in [0.2, 0.25) is 0 Å². The fourth-order valence-corrected chi connectivity index (χ4v) is 6.15. The number of amides is 1. The lowest BCUT2D eigenvalue weighted by Gasteiger charge is -2.46. The molecule has 1 saturated heterocycles. The first kappa shape index (κ1) is 40.3. The quantitative estimate of drug-likeness (QED) is 0.0849. The Bertz CT molecular complexity index is 1870. The Morgan fingerprint density at radius 1 is 0.536 bits per heavy atom. The summed E-state index contributed by atoms with van der Waals surface area (Å²) in [6.45, 7) is 0.559. The molecule has 2 N–H and O–H groups in total. The molecule has 6 atom stereocenters. The molecule has 5 aromatic carbocycles. The SMILES string of the molecule is O=C(N[C@@H](CO[C@H]1O[C@H](COCc2ccccc2)[C@@H](OCc2ccccc2)[C@H](OCc2ccccc2)[C@@H]1OCc1ccccc1)C(=O)O)OCc1ccccc1. The van der Waals surface area contributed by atoms with E-state index in [2.05, 4.69) is 5.32 Å². The van der Waals surface area contributed by atoms with Crippen molar-refractivity contribution in [1.82, 2.24) is 5.32 Å². The summed E-state index contributed by atoms with van der Waals surface area (Å²) in [5.41, 5.74) is 4.52. The molecule has 1 heterocycles. The molecule has 292 valence electrons. The van der Waals surface area contributed by atoms with Gasteiger partial charge in [0.05, 0.1) is 39.6 Å². The molecule has 0 saturated carbocycles. The van der Waals surface area contributed by atoms with Crippen molar-refractivity contribution >= 4 is 12.1 Å². The summed E-state index contributed by atoms with van der Waals surface area (Å²) < 4.78 is 44.4. The van der Waals surface area contributed by atoms with Crippen LogP contribution in [0, 0.1) is 0 Å². The van der Waals surface area contributed by atoms with Gasteiger partial charge in [0, 0.05) is 0 Å². The predicted molar refractivity (Wildman–Crippen MR) is 207 cm³/mol. The highest BCUT2D eigenvalue weighted by atomic mass is 16.7. The van der Waals surface area contributed by atoms with Crippen LogP contribution in [0.4, 0.5) is 4.79 Å². The van der Waals surface area contributed by atoms with Gasteiger partial charge in [0.1, 0.15) is 31.0 Å². The second-order valence-electron chi connectivity index (χ2n) is 13.3. The number of rotatable bonds is 20. The molecule has 11 heteroatoms. The van der Waals surface area contributed by atoms with Crippen molar-refractivity contribution in [3.05, 3.63) is 179 Å². The van der Waals surface area contributed by atoms with Crippen molar-refractivity contribution in [3.63, 3.8) is 0 Å². The van der Waals surface area contributed by atoms with E-state index in [1.165, 1.54) is 0 Å². The average Bonchev–Trinajstić information content (AvgIpc) is 3.24. The minimum absolute atomic E-state index is 0.0313. The monoisotopic (exact) mass is 761 g/mol. The lowest BCUT2D eigenvalue weighted by molar-refractivity contribution is -0.328. The molecule has 0 aliphatic carbocycles. The molecule has 11 nitrogen and oxygen atoms in total. The number of carbonyl (C=O) groups excluding carboxylic acids is 1. The van der Waals surface area contributed by atoms with E-state index in [1.54, 1.807) is 12.1 Å². The van der Waals surface area contributed by atoms with Gasteiger partial charge in [-0.3, -0.25) is 0 Å². The van der Waals surface area contributed by atoms with Crippen LogP contribution in [0.1, 0.15) is 27.8 Å². The van der Waals surface area contributed by atoms with E-state index in [-0.39, 0.29) is 33.0 Å². The summed E-state index contributed by atoms with van der Waals surface area (Å²) in [5, 5.41) is 12.5. The Morgan fingerprint density at radius 3 is 1.41 bits per heavy atom. The summed E-state index contributed by atoms with van der Waals surface area (Å²) in [7, 11) is 0. The Hall–Kier alpha value is -5.40. The lowest BCUT2D eigenvalue weighted by Crippen LogP contribution is -2.62. The number of aliphatic carboxylic acids is 1. The van der Waals surface area contributed by atoms with E-state index in [1.807, 2.05) is 140 Å². The zero-order valence-electron chi connectivity index (χ0n) is 31.0. The Kier molecular flexibility index (Phi) is 15.6. The molecule has 1 amide bonds. The first-order valence-electron chi connectivity index (χ1n) is 18.6. The van der Waals surface area contributed by atoms with E-state index >= 15 is 0 Å². The van der Waals surface area contributed by atoms with Crippen molar-refractivity contribution in [2.24, 2.45) is 0 Å². The maximum Gasteiger partial charge on any atom is 0.408 e. The second kappa shape index (κ2) is 21.6. The summed E-state index contributed by atoms with van der Waals surface area (Å²) >= 11 is 0. The van der Waals surface area contributed by atoms with Gasteiger partial charge < -0.3 is 43.6 Å². The predicted octanol–water partition coefficient (Wildman–Crippen LogP) is 7.08. The standard InChI is InChI=1S/C45H47NO10/c47-43(48)38(46-45(49)55-30-37-24-14-5-15-25-37)31-54-44-42(53-29-36-22-12-4-13-23-36)41(52-28-35-20-10-3-11-21-35)40(51-27-34-18-8-2-9-19-34)39(56-44)32-50-26-33-16-6-1-7-17-33/h1-25,38-42,44H,26-32H2,(H,46,49)(H,47,48)/t38-,39+,40+,41-,42-,44-/m0/s1. The number of hydrogen-bond acceptors (Lipinski definition) is 9. The van der Waals surface area contributed by atoms with Crippen LogP contribution in [-0.2, 0) is 71.0 Å². The minimum Gasteiger partial charge on any atom is -0.480 e. The summed E-state index contributed by atoms with van der Waals surface area (Å²) in [5.74, 6) is -1.32. The Labute approximate surface area is 327 Å². The number of benzene rings is 5. The van der Waals surface area contributed by atoms with Gasteiger partial charge in [-0.25, -0.2) is 9.59 Å². The molecule has 5 aromatic rings. The molecule has 0 radical (unpaired) electrons. The van der Waals surface area contributed by atoms with Gasteiger partial charge >= 0.3 is 12.1 Å². The number of nitrogens with one attached hydrogen (secondary N) is 1. The number of carbonyl (C=O) groups is 2. The maximum absolute atomic E-state index is 12.7. The van der Waals surface area contributed by atoms with Crippen LogP contribution < -0.4 is 5.32 Å². The van der Waals surface area contributed by atoms with Gasteiger partial charge in [-0.2, -0.15) is 0 Å². The van der Waals surface area contributed by atoms with Gasteiger partial charge in [-0.1, -0.05) is 152 Å². The molecule has 6 rings (SSSR count). The van der Waals surface area contributed by atoms with E-state index < -0.39 is 55.4 Å². The van der Waals surface area contributed by atoms with E-state index in [0.29, 0.717) is 6.61 Å². The van der Waals surface area contributed by atoms with Crippen molar-refractivity contribution in [3.8, 4) is 0 Å². The lowest BCUT2D eigenvalue weighted by atomic mass is 9.97. The number of carboxylic acids is 1. The van der Waals surface area contributed by atoms with Crippen LogP contribution >= 0.6 is 0 Å². The molecule has 1 aliphatic heterocycles. The van der Waals surface area contributed by atoms with Crippen molar-refractivity contribution in [1.29, 1.82) is 0 Å². The third kappa shape index (κ3) is 12.6. The van der Waals surface area contributed by atoms with Crippen LogP contribution in [0.25, 0.3) is 0 Å². The highest BCUT2D eigenvalue weighted by Crippen LogP contribution is 2.32. The number of carboxylic acid groups (broad SMARTS) is 1. The molecule has 1 aliphatic rings. The Morgan fingerprint density at radius 2 is 0.946 bits per heavy atom. The highest BCUT2D eigenvalue weighted by Gasteiger charge is 2.49.